The summed E-state index contributed by atoms with van der Waals surface area (Å²) in [6.07, 6.45) is 2.86. The number of aryl methyl sites for hydroxylation is 6. The van der Waals surface area contributed by atoms with Crippen LogP contribution in [0.2, 0.25) is 0 Å². The molecule has 4 aromatic carbocycles. The minimum absolute atomic E-state index is 0. The third-order valence-electron chi connectivity index (χ3n) is 8.39. The van der Waals surface area contributed by atoms with E-state index in [1.54, 1.807) is 0 Å². The number of Topliss-reactive ketones (excluding diaryl/α,β-unsaturated/α-hetero) is 2. The molecule has 0 aliphatic heterocycles. The van der Waals surface area contributed by atoms with Crippen molar-refractivity contribution >= 4 is 43.5 Å². The van der Waals surface area contributed by atoms with Gasteiger partial charge in [-0.15, -0.1) is 0 Å². The summed E-state index contributed by atoms with van der Waals surface area (Å²) >= 11 is -11.2. The number of aliphatic imine (C=N–C) groups is 2. The van der Waals surface area contributed by atoms with E-state index in [9.17, 15) is 36.7 Å². The number of allylic oxidation sites excluding steroid dienone is 4. The average Bonchev–Trinajstić information content (AvgIpc) is 3.03. The number of hydrogen-bond acceptors (Lipinski definition) is 6. The van der Waals surface area contributed by atoms with Crippen LogP contribution in [0.1, 0.15) is 91.2 Å². The monoisotopic (exact) mass is 934 g/mol. The number of aliphatic hydroxyl groups excluding tert-OH is 2. The molecule has 2 N–H and O–H groups in total. The number of hydrogen-bond donors (Lipinski definition) is 2. The first kappa shape index (κ1) is 47.7. The third-order valence-corrected chi connectivity index (χ3v) is 8.39. The van der Waals surface area contributed by atoms with Gasteiger partial charge in [0, 0.05) is 23.6 Å². The SMILES string of the molecule is C/C(O)=C(/C=N[C@@H](c1ccccc1)[C@@H](N=C/C(C(=O)c1c(C)cc(C)cc1C)=C(/C)O)c1ccccc1)C(=O)c1c(C)cc(C)cc1C.[Co+2].[F][Sb-]([F])([F])([F])([F])[F]. The number of aliphatic hydroxyl groups is 2. The molecule has 0 saturated carbocycles. The van der Waals surface area contributed by atoms with Crippen molar-refractivity contribution in [2.45, 2.75) is 67.5 Å². The van der Waals surface area contributed by atoms with Crippen molar-refractivity contribution in [2.24, 2.45) is 9.98 Å². The van der Waals surface area contributed by atoms with Crippen LogP contribution in [0.4, 0.5) is 16.9 Å². The quantitative estimate of drug-likeness (QED) is 0.0391. The molecule has 14 heteroatoms. The first-order valence-corrected chi connectivity index (χ1v) is 22.8. The van der Waals surface area contributed by atoms with Gasteiger partial charge in [0.2, 0.25) is 0 Å². The summed E-state index contributed by atoms with van der Waals surface area (Å²) in [6.45, 7) is 14.5. The standard InChI is InChI=1S/C42H44N2O4.Co.6FH.Sb/c1-25-19-27(3)37(28(4)20-25)41(47)35(31(7)45)23-43-39(33-15-11-9-12-16-33)40(34-17-13-10-14-18-34)44-24-36(32(8)46)42(48)38-29(5)21-26(2)22-30(38)6;;;;;;;;/h9-24,39-40,45-46H,1-8H3;;6*1H;/q;+2;;;;;;;+5/p-6/b35-31+,36-32+,43-23?,44-24?;;;;;;;;/t39-,40-;;;;;;;;/m0......../s1. The van der Waals surface area contributed by atoms with Crippen molar-refractivity contribution in [1.29, 1.82) is 0 Å². The molecule has 2 atom stereocenters. The molecule has 1 radical (unpaired) electrons. The summed E-state index contributed by atoms with van der Waals surface area (Å²) in [5.41, 5.74) is 8.20. The van der Waals surface area contributed by atoms with E-state index in [4.69, 9.17) is 9.98 Å². The third kappa shape index (κ3) is 14.6. The summed E-state index contributed by atoms with van der Waals surface area (Å²) in [6, 6.07) is 25.6. The van der Waals surface area contributed by atoms with Crippen molar-refractivity contribution in [3.63, 3.8) is 0 Å². The van der Waals surface area contributed by atoms with E-state index >= 15 is 0 Å². The van der Waals surface area contributed by atoms with E-state index in [0.717, 1.165) is 44.5 Å². The summed E-state index contributed by atoms with van der Waals surface area (Å²) in [5, 5.41) is 21.5. The Kier molecular flexibility index (Phi) is 15.5. The molecule has 0 spiro atoms. The van der Waals surface area contributed by atoms with Gasteiger partial charge in [-0.05, 0) is 88.8 Å². The Hall–Kier alpha value is -4.46. The van der Waals surface area contributed by atoms with Gasteiger partial charge < -0.3 is 10.2 Å². The van der Waals surface area contributed by atoms with Crippen LogP contribution in [0, 0.1) is 41.5 Å². The van der Waals surface area contributed by atoms with Crippen LogP contribution in [0.25, 0.3) is 0 Å². The zero-order valence-corrected chi connectivity index (χ0v) is 35.6. The molecule has 0 bridgehead atoms. The minimum atomic E-state index is -11.2. The molecule has 6 nitrogen and oxygen atoms in total. The van der Waals surface area contributed by atoms with Crippen LogP contribution in [0.15, 0.2) is 118 Å². The van der Waals surface area contributed by atoms with Gasteiger partial charge in [0.1, 0.15) is 23.6 Å². The number of nitrogens with zero attached hydrogens (tertiary/aromatic N) is 2. The number of halogens is 6. The van der Waals surface area contributed by atoms with E-state index in [-0.39, 0.29) is 51.0 Å². The Morgan fingerprint density at radius 1 is 0.554 bits per heavy atom. The average molecular weight is 936 g/mol. The molecule has 0 saturated heterocycles. The predicted octanol–water partition coefficient (Wildman–Crippen LogP) is 12.0. The van der Waals surface area contributed by atoms with Crippen LogP contribution in [-0.2, 0) is 16.8 Å². The van der Waals surface area contributed by atoms with Crippen molar-refractivity contribution in [2.75, 3.05) is 0 Å². The molecular formula is C42H44CoF6N2O4Sb+. The summed E-state index contributed by atoms with van der Waals surface area (Å²) in [7, 11) is 0. The first-order chi connectivity index (χ1) is 25.2. The summed E-state index contributed by atoms with van der Waals surface area (Å²) in [5.74, 6) is -0.942. The molecule has 4 rings (SSSR count). The Balaban J connectivity index is 0.00000123. The van der Waals surface area contributed by atoms with Crippen LogP contribution in [0.5, 0.6) is 0 Å². The van der Waals surface area contributed by atoms with E-state index in [2.05, 4.69) is 0 Å². The van der Waals surface area contributed by atoms with Crippen LogP contribution >= 0.6 is 0 Å². The zero-order chi connectivity index (χ0) is 41.5. The Bertz CT molecular complexity index is 2000. The van der Waals surface area contributed by atoms with Gasteiger partial charge in [0.15, 0.2) is 11.6 Å². The second kappa shape index (κ2) is 18.2. The normalized spacial score (nSPS) is 15.0. The molecule has 0 aliphatic rings. The predicted molar refractivity (Wildman–Crippen MR) is 208 cm³/mol. The Morgan fingerprint density at radius 2 is 0.804 bits per heavy atom. The van der Waals surface area contributed by atoms with Crippen LogP contribution < -0.4 is 0 Å². The molecule has 301 valence electrons. The van der Waals surface area contributed by atoms with Crippen molar-refractivity contribution < 1.29 is 53.5 Å². The van der Waals surface area contributed by atoms with Crippen molar-refractivity contribution in [3.05, 3.63) is 163 Å². The van der Waals surface area contributed by atoms with Crippen LogP contribution in [0.3, 0.4) is 0 Å². The molecule has 4 aromatic rings. The Morgan fingerprint density at radius 3 is 1.04 bits per heavy atom. The van der Waals surface area contributed by atoms with Gasteiger partial charge in [-0.1, -0.05) is 96.1 Å². The molecule has 0 amide bonds. The number of ketones is 2. The topological polar surface area (TPSA) is 99.3 Å². The van der Waals surface area contributed by atoms with E-state index in [0.29, 0.717) is 11.1 Å². The number of carbonyl (C=O) groups is 2. The van der Waals surface area contributed by atoms with E-state index in [1.807, 2.05) is 126 Å². The molecule has 0 fully saturated rings. The fourth-order valence-corrected chi connectivity index (χ4v) is 6.29. The first-order valence-electron chi connectivity index (χ1n) is 17.0. The van der Waals surface area contributed by atoms with E-state index in [1.165, 1.54) is 26.3 Å². The van der Waals surface area contributed by atoms with E-state index < -0.39 is 31.6 Å². The van der Waals surface area contributed by atoms with Crippen molar-refractivity contribution in [1.82, 2.24) is 0 Å². The molecular weight excluding hydrogens is 891 g/mol. The van der Waals surface area contributed by atoms with Crippen LogP contribution in [-0.4, -0.2) is 53.7 Å². The number of benzene rings is 4. The number of carbonyl (C=O) groups excluding carboxylic acids is 2. The maximum atomic E-state index is 13.9. The zero-order valence-electron chi connectivity index (χ0n) is 32.0. The second-order valence-corrected chi connectivity index (χ2v) is 18.9. The summed E-state index contributed by atoms with van der Waals surface area (Å²) in [4.78, 5) is 37.7. The Labute approximate surface area is 335 Å². The van der Waals surface area contributed by atoms with Crippen molar-refractivity contribution in [3.8, 4) is 0 Å². The molecule has 0 aliphatic carbocycles. The van der Waals surface area contributed by atoms with Gasteiger partial charge in [0.05, 0.1) is 11.1 Å². The van der Waals surface area contributed by atoms with Gasteiger partial charge in [-0.2, -0.15) is 0 Å². The molecule has 0 heterocycles. The number of rotatable bonds is 11. The van der Waals surface area contributed by atoms with Gasteiger partial charge in [0.25, 0.3) is 0 Å². The van der Waals surface area contributed by atoms with Gasteiger partial charge in [-0.3, -0.25) is 19.6 Å². The maximum absolute atomic E-state index is 13.9. The molecule has 0 unspecified atom stereocenters. The molecule has 56 heavy (non-hydrogen) atoms. The van der Waals surface area contributed by atoms with Gasteiger partial charge >= 0.3 is 53.1 Å². The molecule has 0 aromatic heterocycles. The fourth-order valence-electron chi connectivity index (χ4n) is 6.29. The second-order valence-electron chi connectivity index (χ2n) is 13.4. The van der Waals surface area contributed by atoms with Gasteiger partial charge in [-0.25, -0.2) is 0 Å². The summed E-state index contributed by atoms with van der Waals surface area (Å²) < 4.78 is 59.6. The fraction of sp³-hybridized carbons (Fsp3) is 0.238.